The Balaban J connectivity index is 1.53. The standard InChI is InChI=1S/C19H26N6O/c1-2-21-19(22-10-13-24-12-9-20-15-24)23-14-16-5-7-17(8-6-16)25-11-3-4-18(25)26/h5-9,12,15H,2-4,10-11,13-14H2,1H3,(H2,21,22,23). The number of benzene rings is 1. The molecule has 1 aromatic heterocycles. The molecule has 2 heterocycles. The summed E-state index contributed by atoms with van der Waals surface area (Å²) < 4.78 is 2.02. The molecule has 0 radical (unpaired) electrons. The van der Waals surface area contributed by atoms with Crippen LogP contribution in [0.5, 0.6) is 0 Å². The van der Waals surface area contributed by atoms with E-state index in [1.54, 1.807) is 12.5 Å². The highest BCUT2D eigenvalue weighted by Gasteiger charge is 2.21. The number of amides is 1. The first-order chi connectivity index (χ1) is 12.8. The van der Waals surface area contributed by atoms with Gasteiger partial charge in [0.1, 0.15) is 0 Å². The van der Waals surface area contributed by atoms with Gasteiger partial charge < -0.3 is 20.1 Å². The Kier molecular flexibility index (Phi) is 6.24. The van der Waals surface area contributed by atoms with Crippen molar-refractivity contribution < 1.29 is 4.79 Å². The number of nitrogens with one attached hydrogen (secondary N) is 2. The van der Waals surface area contributed by atoms with E-state index in [2.05, 4.69) is 27.5 Å². The number of guanidine groups is 1. The van der Waals surface area contributed by atoms with Gasteiger partial charge in [0.05, 0.1) is 12.9 Å². The van der Waals surface area contributed by atoms with Gasteiger partial charge in [-0.15, -0.1) is 0 Å². The van der Waals surface area contributed by atoms with Crippen molar-refractivity contribution in [1.29, 1.82) is 0 Å². The summed E-state index contributed by atoms with van der Waals surface area (Å²) in [4.78, 5) is 22.3. The van der Waals surface area contributed by atoms with Gasteiger partial charge in [-0.25, -0.2) is 9.98 Å². The molecule has 0 spiro atoms. The molecule has 2 aromatic rings. The number of nitrogens with zero attached hydrogens (tertiary/aromatic N) is 4. The van der Waals surface area contributed by atoms with Crippen LogP contribution in [-0.4, -0.2) is 41.1 Å². The van der Waals surface area contributed by atoms with E-state index in [0.29, 0.717) is 13.0 Å². The van der Waals surface area contributed by atoms with Gasteiger partial charge in [0.2, 0.25) is 5.91 Å². The zero-order valence-corrected chi connectivity index (χ0v) is 15.2. The number of carbonyl (C=O) groups is 1. The molecule has 1 saturated heterocycles. The van der Waals surface area contributed by atoms with Crippen LogP contribution in [0.2, 0.25) is 0 Å². The molecule has 1 aliphatic rings. The maximum Gasteiger partial charge on any atom is 0.227 e. The molecule has 0 bridgehead atoms. The van der Waals surface area contributed by atoms with Crippen molar-refractivity contribution in [1.82, 2.24) is 20.2 Å². The smallest absolute Gasteiger partial charge is 0.227 e. The number of hydrogen-bond acceptors (Lipinski definition) is 3. The van der Waals surface area contributed by atoms with Crippen LogP contribution >= 0.6 is 0 Å². The van der Waals surface area contributed by atoms with Crippen molar-refractivity contribution >= 4 is 17.6 Å². The predicted molar refractivity (Wildman–Crippen MR) is 103 cm³/mol. The highest BCUT2D eigenvalue weighted by molar-refractivity contribution is 5.95. The Bertz CT molecular complexity index is 723. The van der Waals surface area contributed by atoms with Crippen LogP contribution in [0.25, 0.3) is 0 Å². The van der Waals surface area contributed by atoms with Gasteiger partial charge in [0.25, 0.3) is 0 Å². The summed E-state index contributed by atoms with van der Waals surface area (Å²) in [6.45, 7) is 5.89. The summed E-state index contributed by atoms with van der Waals surface area (Å²) in [7, 11) is 0. The summed E-state index contributed by atoms with van der Waals surface area (Å²) in [5.41, 5.74) is 2.10. The molecular weight excluding hydrogens is 328 g/mol. The van der Waals surface area contributed by atoms with Gasteiger partial charge in [-0.05, 0) is 31.0 Å². The third-order valence-electron chi connectivity index (χ3n) is 4.31. The van der Waals surface area contributed by atoms with Gasteiger partial charge in [-0.1, -0.05) is 12.1 Å². The van der Waals surface area contributed by atoms with E-state index in [9.17, 15) is 4.79 Å². The Labute approximate surface area is 154 Å². The SMILES string of the molecule is CCNC(=NCc1ccc(N2CCCC2=O)cc1)NCCn1ccnc1. The van der Waals surface area contributed by atoms with E-state index in [1.807, 2.05) is 39.9 Å². The average molecular weight is 354 g/mol. The molecule has 0 atom stereocenters. The zero-order chi connectivity index (χ0) is 18.2. The topological polar surface area (TPSA) is 74.6 Å². The van der Waals surface area contributed by atoms with Crippen molar-refractivity contribution in [2.24, 2.45) is 4.99 Å². The number of aromatic nitrogens is 2. The molecule has 26 heavy (non-hydrogen) atoms. The van der Waals surface area contributed by atoms with Crippen molar-refractivity contribution in [2.45, 2.75) is 32.9 Å². The number of rotatable bonds is 7. The number of anilines is 1. The molecule has 3 rings (SSSR count). The molecule has 0 aliphatic carbocycles. The van der Waals surface area contributed by atoms with Gasteiger partial charge in [0, 0.05) is 50.7 Å². The van der Waals surface area contributed by atoms with Crippen LogP contribution in [0.4, 0.5) is 5.69 Å². The van der Waals surface area contributed by atoms with Crippen molar-refractivity contribution in [2.75, 3.05) is 24.5 Å². The number of hydrogen-bond donors (Lipinski definition) is 2. The lowest BCUT2D eigenvalue weighted by Crippen LogP contribution is -2.38. The summed E-state index contributed by atoms with van der Waals surface area (Å²) in [5, 5.41) is 6.58. The second kappa shape index (κ2) is 9.03. The van der Waals surface area contributed by atoms with E-state index in [-0.39, 0.29) is 5.91 Å². The number of carbonyl (C=O) groups excluding carboxylic acids is 1. The molecule has 0 unspecified atom stereocenters. The minimum absolute atomic E-state index is 0.215. The lowest BCUT2D eigenvalue weighted by molar-refractivity contribution is -0.117. The summed E-state index contributed by atoms with van der Waals surface area (Å²) >= 11 is 0. The molecule has 7 nitrogen and oxygen atoms in total. The first-order valence-electron chi connectivity index (χ1n) is 9.13. The Morgan fingerprint density at radius 2 is 2.12 bits per heavy atom. The van der Waals surface area contributed by atoms with E-state index >= 15 is 0 Å². The van der Waals surface area contributed by atoms with Crippen molar-refractivity contribution in [3.8, 4) is 0 Å². The van der Waals surface area contributed by atoms with Gasteiger partial charge in [-0.3, -0.25) is 4.79 Å². The fraction of sp³-hybridized carbons (Fsp3) is 0.421. The number of imidazole rings is 1. The quantitative estimate of drug-likeness (QED) is 0.587. The fourth-order valence-corrected chi connectivity index (χ4v) is 2.94. The minimum Gasteiger partial charge on any atom is -0.357 e. The van der Waals surface area contributed by atoms with Crippen molar-refractivity contribution in [3.63, 3.8) is 0 Å². The van der Waals surface area contributed by atoms with Gasteiger partial charge >= 0.3 is 0 Å². The minimum atomic E-state index is 0.215. The van der Waals surface area contributed by atoms with E-state index < -0.39 is 0 Å². The summed E-state index contributed by atoms with van der Waals surface area (Å²) in [6.07, 6.45) is 7.12. The second-order valence-corrected chi connectivity index (χ2v) is 6.24. The molecule has 1 amide bonds. The van der Waals surface area contributed by atoms with Crippen LogP contribution in [0.15, 0.2) is 48.0 Å². The molecular formula is C19H26N6O. The van der Waals surface area contributed by atoms with Crippen molar-refractivity contribution in [3.05, 3.63) is 48.5 Å². The summed E-state index contributed by atoms with van der Waals surface area (Å²) in [5.74, 6) is 1.01. The van der Waals surface area contributed by atoms with Gasteiger partial charge in [0.15, 0.2) is 5.96 Å². The fourth-order valence-electron chi connectivity index (χ4n) is 2.94. The second-order valence-electron chi connectivity index (χ2n) is 6.24. The van der Waals surface area contributed by atoms with E-state index in [1.165, 1.54) is 0 Å². The molecule has 1 fully saturated rings. The molecule has 7 heteroatoms. The van der Waals surface area contributed by atoms with E-state index in [0.717, 1.165) is 49.8 Å². The van der Waals surface area contributed by atoms with Crippen LogP contribution in [0.3, 0.4) is 0 Å². The molecule has 2 N–H and O–H groups in total. The predicted octanol–water partition coefficient (Wildman–Crippen LogP) is 1.77. The van der Waals surface area contributed by atoms with E-state index in [4.69, 9.17) is 0 Å². The molecule has 0 saturated carbocycles. The molecule has 138 valence electrons. The highest BCUT2D eigenvalue weighted by Crippen LogP contribution is 2.21. The Morgan fingerprint density at radius 1 is 1.27 bits per heavy atom. The van der Waals surface area contributed by atoms with Crippen LogP contribution in [0, 0.1) is 0 Å². The molecule has 1 aromatic carbocycles. The normalized spacial score (nSPS) is 14.7. The molecule has 1 aliphatic heterocycles. The highest BCUT2D eigenvalue weighted by atomic mass is 16.2. The Morgan fingerprint density at radius 3 is 2.77 bits per heavy atom. The lowest BCUT2D eigenvalue weighted by Gasteiger charge is -2.16. The van der Waals surface area contributed by atoms with Crippen LogP contribution < -0.4 is 15.5 Å². The Hall–Kier alpha value is -2.83. The summed E-state index contributed by atoms with van der Waals surface area (Å²) in [6, 6.07) is 8.10. The number of aliphatic imine (C=N–C) groups is 1. The third kappa shape index (κ3) is 4.84. The zero-order valence-electron chi connectivity index (χ0n) is 15.2. The first kappa shape index (κ1) is 18.0. The van der Waals surface area contributed by atoms with Crippen LogP contribution in [-0.2, 0) is 17.9 Å². The van der Waals surface area contributed by atoms with Crippen LogP contribution in [0.1, 0.15) is 25.3 Å². The average Bonchev–Trinajstić information content (AvgIpc) is 3.32. The maximum absolute atomic E-state index is 11.8. The maximum atomic E-state index is 11.8. The van der Waals surface area contributed by atoms with Gasteiger partial charge in [-0.2, -0.15) is 0 Å². The lowest BCUT2D eigenvalue weighted by atomic mass is 10.2. The first-order valence-corrected chi connectivity index (χ1v) is 9.13. The third-order valence-corrected chi connectivity index (χ3v) is 4.31. The largest absolute Gasteiger partial charge is 0.357 e. The monoisotopic (exact) mass is 354 g/mol.